The zero-order valence-corrected chi connectivity index (χ0v) is 9.79. The number of fused-ring (bicyclic) bond motifs is 5. The SMILES string of the molecule is CC(C)(O)C12CCCC1(O)C1CCC2C1. The molecule has 15 heavy (non-hydrogen) atoms. The summed E-state index contributed by atoms with van der Waals surface area (Å²) in [5, 5.41) is 21.5. The van der Waals surface area contributed by atoms with E-state index in [0.717, 1.165) is 25.7 Å². The molecule has 3 saturated carbocycles. The molecule has 2 N–H and O–H groups in total. The monoisotopic (exact) mass is 210 g/mol. The lowest BCUT2D eigenvalue weighted by Gasteiger charge is -2.52. The van der Waals surface area contributed by atoms with Crippen LogP contribution in [0.25, 0.3) is 0 Å². The van der Waals surface area contributed by atoms with Crippen LogP contribution in [-0.4, -0.2) is 21.4 Å². The molecule has 0 aliphatic heterocycles. The van der Waals surface area contributed by atoms with E-state index in [2.05, 4.69) is 0 Å². The minimum absolute atomic E-state index is 0.192. The smallest absolute Gasteiger partial charge is 0.0761 e. The Labute approximate surface area is 91.7 Å². The summed E-state index contributed by atoms with van der Waals surface area (Å²) in [6, 6.07) is 0. The van der Waals surface area contributed by atoms with Crippen molar-refractivity contribution in [2.45, 2.75) is 63.6 Å². The molecule has 4 unspecified atom stereocenters. The number of rotatable bonds is 1. The molecule has 0 radical (unpaired) electrons. The number of aliphatic hydroxyl groups is 2. The Balaban J connectivity index is 2.13. The van der Waals surface area contributed by atoms with Crippen molar-refractivity contribution >= 4 is 0 Å². The zero-order chi connectivity index (χ0) is 10.9. The van der Waals surface area contributed by atoms with Crippen LogP contribution in [0.5, 0.6) is 0 Å². The second-order valence-electron chi connectivity index (χ2n) is 6.52. The molecule has 0 aromatic rings. The molecule has 3 fully saturated rings. The predicted octanol–water partition coefficient (Wildman–Crippen LogP) is 2.09. The molecule has 3 rings (SSSR count). The van der Waals surface area contributed by atoms with Gasteiger partial charge in [0, 0.05) is 5.41 Å². The molecule has 0 amide bonds. The normalized spacial score (nSPS) is 53.6. The van der Waals surface area contributed by atoms with Gasteiger partial charge in [-0.25, -0.2) is 0 Å². The number of hydrogen-bond donors (Lipinski definition) is 2. The maximum absolute atomic E-state index is 10.9. The van der Waals surface area contributed by atoms with Gasteiger partial charge in [-0.2, -0.15) is 0 Å². The molecule has 0 spiro atoms. The number of hydrogen-bond acceptors (Lipinski definition) is 2. The molecule has 3 aliphatic carbocycles. The molecule has 0 aromatic carbocycles. The first-order chi connectivity index (χ1) is 6.92. The van der Waals surface area contributed by atoms with Crippen molar-refractivity contribution in [3.05, 3.63) is 0 Å². The molecular formula is C13H22O2. The predicted molar refractivity (Wildman–Crippen MR) is 58.4 cm³/mol. The summed E-state index contributed by atoms with van der Waals surface area (Å²) >= 11 is 0. The van der Waals surface area contributed by atoms with Gasteiger partial charge in [0.1, 0.15) is 0 Å². The van der Waals surface area contributed by atoms with Crippen molar-refractivity contribution in [3.8, 4) is 0 Å². The lowest BCUT2D eigenvalue weighted by atomic mass is 9.57. The highest BCUT2D eigenvalue weighted by molar-refractivity contribution is 5.22. The van der Waals surface area contributed by atoms with E-state index in [4.69, 9.17) is 0 Å². The average Bonchev–Trinajstić information content (AvgIpc) is 2.69. The molecule has 3 aliphatic rings. The largest absolute Gasteiger partial charge is 0.390 e. The van der Waals surface area contributed by atoms with E-state index in [1.807, 2.05) is 13.8 Å². The molecular weight excluding hydrogens is 188 g/mol. The van der Waals surface area contributed by atoms with Gasteiger partial charge >= 0.3 is 0 Å². The minimum atomic E-state index is -0.724. The maximum Gasteiger partial charge on any atom is 0.0761 e. The fourth-order valence-electron chi connectivity index (χ4n) is 5.40. The van der Waals surface area contributed by atoms with E-state index in [1.165, 1.54) is 12.8 Å². The van der Waals surface area contributed by atoms with E-state index in [9.17, 15) is 10.2 Å². The third-order valence-electron chi connectivity index (χ3n) is 5.80. The zero-order valence-electron chi connectivity index (χ0n) is 9.79. The maximum atomic E-state index is 10.9. The fraction of sp³-hybridized carbons (Fsp3) is 1.00. The summed E-state index contributed by atoms with van der Waals surface area (Å²) in [5.74, 6) is 1.03. The van der Waals surface area contributed by atoms with Crippen LogP contribution in [0.1, 0.15) is 52.4 Å². The standard InChI is InChI=1S/C13H22O2/c1-11(2,14)12-6-3-7-13(12,15)10-5-4-9(12)8-10/h9-10,14-15H,3-8H2,1-2H3. The third kappa shape index (κ3) is 0.898. The van der Waals surface area contributed by atoms with Crippen molar-refractivity contribution in [1.82, 2.24) is 0 Å². The molecule has 2 bridgehead atoms. The van der Waals surface area contributed by atoms with Gasteiger partial charge in [-0.05, 0) is 64.2 Å². The Hall–Kier alpha value is -0.0800. The Morgan fingerprint density at radius 2 is 1.80 bits per heavy atom. The van der Waals surface area contributed by atoms with E-state index in [1.54, 1.807) is 0 Å². The highest BCUT2D eigenvalue weighted by Crippen LogP contribution is 2.71. The van der Waals surface area contributed by atoms with Crippen LogP contribution in [0.15, 0.2) is 0 Å². The lowest BCUT2D eigenvalue weighted by Crippen LogP contribution is -2.59. The van der Waals surface area contributed by atoms with E-state index < -0.39 is 11.2 Å². The summed E-state index contributed by atoms with van der Waals surface area (Å²) in [6.45, 7) is 3.81. The van der Waals surface area contributed by atoms with E-state index >= 15 is 0 Å². The molecule has 2 nitrogen and oxygen atoms in total. The van der Waals surface area contributed by atoms with Crippen molar-refractivity contribution in [2.24, 2.45) is 17.3 Å². The van der Waals surface area contributed by atoms with Gasteiger partial charge in [0.2, 0.25) is 0 Å². The van der Waals surface area contributed by atoms with Crippen LogP contribution in [0.3, 0.4) is 0 Å². The summed E-state index contributed by atoms with van der Waals surface area (Å²) < 4.78 is 0. The fourth-order valence-corrected chi connectivity index (χ4v) is 5.40. The average molecular weight is 210 g/mol. The van der Waals surface area contributed by atoms with Crippen molar-refractivity contribution in [2.75, 3.05) is 0 Å². The minimum Gasteiger partial charge on any atom is -0.390 e. The second-order valence-corrected chi connectivity index (χ2v) is 6.52. The van der Waals surface area contributed by atoms with Crippen LogP contribution >= 0.6 is 0 Å². The van der Waals surface area contributed by atoms with E-state index in [0.29, 0.717) is 11.8 Å². The Morgan fingerprint density at radius 1 is 1.13 bits per heavy atom. The first-order valence-corrected chi connectivity index (χ1v) is 6.36. The van der Waals surface area contributed by atoms with Gasteiger partial charge in [0.25, 0.3) is 0 Å². The summed E-state index contributed by atoms with van der Waals surface area (Å²) in [5.41, 5.74) is -1.46. The second kappa shape index (κ2) is 2.60. The summed E-state index contributed by atoms with van der Waals surface area (Å²) in [6.07, 6.45) is 6.58. The van der Waals surface area contributed by atoms with E-state index in [-0.39, 0.29) is 5.41 Å². The topological polar surface area (TPSA) is 40.5 Å². The van der Waals surface area contributed by atoms with Gasteiger partial charge < -0.3 is 10.2 Å². The van der Waals surface area contributed by atoms with Crippen LogP contribution in [0, 0.1) is 17.3 Å². The van der Waals surface area contributed by atoms with Gasteiger partial charge in [-0.1, -0.05) is 0 Å². The van der Waals surface area contributed by atoms with Crippen LogP contribution in [0.4, 0.5) is 0 Å². The Morgan fingerprint density at radius 3 is 2.40 bits per heavy atom. The van der Waals surface area contributed by atoms with Gasteiger partial charge in [0.05, 0.1) is 11.2 Å². The van der Waals surface area contributed by atoms with Crippen LogP contribution in [0.2, 0.25) is 0 Å². The molecule has 0 heterocycles. The molecule has 86 valence electrons. The highest BCUT2D eigenvalue weighted by Gasteiger charge is 2.73. The van der Waals surface area contributed by atoms with Crippen molar-refractivity contribution in [1.29, 1.82) is 0 Å². The first kappa shape index (κ1) is 10.1. The van der Waals surface area contributed by atoms with Crippen molar-refractivity contribution in [3.63, 3.8) is 0 Å². The van der Waals surface area contributed by atoms with Gasteiger partial charge in [-0.15, -0.1) is 0 Å². The Bertz CT molecular complexity index is 293. The summed E-state index contributed by atoms with van der Waals surface area (Å²) in [4.78, 5) is 0. The quantitative estimate of drug-likeness (QED) is 0.695. The highest BCUT2D eigenvalue weighted by atomic mass is 16.3. The Kier molecular flexibility index (Phi) is 1.75. The lowest BCUT2D eigenvalue weighted by molar-refractivity contribution is -0.191. The third-order valence-corrected chi connectivity index (χ3v) is 5.80. The molecule has 0 aromatic heterocycles. The molecule has 2 heteroatoms. The molecule has 4 atom stereocenters. The van der Waals surface area contributed by atoms with Crippen LogP contribution in [-0.2, 0) is 0 Å². The molecule has 0 saturated heterocycles. The first-order valence-electron chi connectivity index (χ1n) is 6.36. The van der Waals surface area contributed by atoms with Crippen LogP contribution < -0.4 is 0 Å². The van der Waals surface area contributed by atoms with Gasteiger partial charge in [0.15, 0.2) is 0 Å². The summed E-state index contributed by atoms with van der Waals surface area (Å²) in [7, 11) is 0. The van der Waals surface area contributed by atoms with Crippen molar-refractivity contribution < 1.29 is 10.2 Å². The van der Waals surface area contributed by atoms with Gasteiger partial charge in [-0.3, -0.25) is 0 Å².